The van der Waals surface area contributed by atoms with Gasteiger partial charge in [-0.05, 0) is 19.1 Å². The van der Waals surface area contributed by atoms with Crippen LogP contribution in [0.5, 0.6) is 11.5 Å². The van der Waals surface area contributed by atoms with E-state index in [9.17, 15) is 0 Å². The average molecular weight is 288 g/mol. The largest absolute Gasteiger partial charge is 0.496 e. The topological polar surface area (TPSA) is 61.2 Å². The number of hydrogen-bond acceptors (Lipinski definition) is 5. The van der Waals surface area contributed by atoms with E-state index in [0.29, 0.717) is 0 Å². The highest BCUT2D eigenvalue weighted by Gasteiger charge is 2.21. The molecule has 0 amide bonds. The first-order valence-corrected chi connectivity index (χ1v) is 7.17. The molecule has 1 aromatic heterocycles. The highest BCUT2D eigenvalue weighted by atomic mass is 16.5. The van der Waals surface area contributed by atoms with Crippen molar-refractivity contribution in [2.24, 2.45) is 0 Å². The SMILES string of the molecule is COc1cc2c(cc1CNCCn1ccnn1)OC(C)C2. The molecule has 1 aliphatic rings. The standard InChI is InChI=1S/C15H20N4O2/c1-11-7-12-8-14(20-2)13(9-15(12)21-11)10-16-3-5-19-6-4-17-18-19/h4,6,8-9,11,16H,3,5,7,10H2,1-2H3. The highest BCUT2D eigenvalue weighted by Crippen LogP contribution is 2.34. The summed E-state index contributed by atoms with van der Waals surface area (Å²) >= 11 is 0. The Morgan fingerprint density at radius 2 is 2.38 bits per heavy atom. The molecule has 6 nitrogen and oxygen atoms in total. The van der Waals surface area contributed by atoms with E-state index in [1.54, 1.807) is 18.0 Å². The summed E-state index contributed by atoms with van der Waals surface area (Å²) in [5.74, 6) is 1.90. The third kappa shape index (κ3) is 3.16. The smallest absolute Gasteiger partial charge is 0.123 e. The van der Waals surface area contributed by atoms with Gasteiger partial charge in [-0.15, -0.1) is 5.10 Å². The molecule has 3 rings (SSSR count). The zero-order chi connectivity index (χ0) is 14.7. The molecular weight excluding hydrogens is 268 g/mol. The van der Waals surface area contributed by atoms with Crippen molar-refractivity contribution in [3.8, 4) is 11.5 Å². The zero-order valence-corrected chi connectivity index (χ0v) is 12.4. The predicted molar refractivity (Wildman–Crippen MR) is 78.5 cm³/mol. The van der Waals surface area contributed by atoms with Gasteiger partial charge in [0.2, 0.25) is 0 Å². The van der Waals surface area contributed by atoms with Crippen LogP contribution in [0, 0.1) is 0 Å². The van der Waals surface area contributed by atoms with Gasteiger partial charge >= 0.3 is 0 Å². The lowest BCUT2D eigenvalue weighted by Crippen LogP contribution is -2.20. The van der Waals surface area contributed by atoms with Crippen molar-refractivity contribution in [2.45, 2.75) is 32.5 Å². The Labute approximate surface area is 124 Å². The molecule has 0 spiro atoms. The van der Waals surface area contributed by atoms with Gasteiger partial charge in [0.05, 0.1) is 19.9 Å². The maximum Gasteiger partial charge on any atom is 0.123 e. The van der Waals surface area contributed by atoms with Crippen LogP contribution in [0.15, 0.2) is 24.5 Å². The van der Waals surface area contributed by atoms with E-state index in [0.717, 1.165) is 43.1 Å². The van der Waals surface area contributed by atoms with Crippen molar-refractivity contribution in [1.82, 2.24) is 20.3 Å². The number of nitrogens with one attached hydrogen (secondary N) is 1. The summed E-state index contributed by atoms with van der Waals surface area (Å²) in [5.41, 5.74) is 2.34. The third-order valence-electron chi connectivity index (χ3n) is 3.60. The second-order valence-electron chi connectivity index (χ2n) is 5.25. The Morgan fingerprint density at radius 3 is 3.14 bits per heavy atom. The summed E-state index contributed by atoms with van der Waals surface area (Å²) in [7, 11) is 1.71. The lowest BCUT2D eigenvalue weighted by atomic mass is 10.1. The van der Waals surface area contributed by atoms with Crippen LogP contribution >= 0.6 is 0 Å². The van der Waals surface area contributed by atoms with Gasteiger partial charge in [-0.25, -0.2) is 0 Å². The minimum Gasteiger partial charge on any atom is -0.496 e. The Hall–Kier alpha value is -2.08. The summed E-state index contributed by atoms with van der Waals surface area (Å²) in [6, 6.07) is 4.17. The van der Waals surface area contributed by atoms with Gasteiger partial charge < -0.3 is 14.8 Å². The first-order chi connectivity index (χ1) is 10.3. The fourth-order valence-electron chi connectivity index (χ4n) is 2.58. The third-order valence-corrected chi connectivity index (χ3v) is 3.60. The summed E-state index contributed by atoms with van der Waals surface area (Å²) in [6.07, 6.45) is 4.74. The molecule has 0 radical (unpaired) electrons. The molecule has 6 heteroatoms. The maximum atomic E-state index is 5.81. The van der Waals surface area contributed by atoms with Gasteiger partial charge in [0, 0.05) is 36.8 Å². The molecule has 0 bridgehead atoms. The molecule has 21 heavy (non-hydrogen) atoms. The number of benzene rings is 1. The lowest BCUT2D eigenvalue weighted by molar-refractivity contribution is 0.254. The zero-order valence-electron chi connectivity index (χ0n) is 12.4. The van der Waals surface area contributed by atoms with E-state index in [-0.39, 0.29) is 6.10 Å². The molecule has 1 aliphatic heterocycles. The van der Waals surface area contributed by atoms with Crippen LogP contribution in [0.2, 0.25) is 0 Å². The van der Waals surface area contributed by atoms with Gasteiger partial charge in [-0.2, -0.15) is 0 Å². The number of ether oxygens (including phenoxy) is 2. The van der Waals surface area contributed by atoms with E-state index in [1.807, 2.05) is 6.20 Å². The molecule has 0 fully saturated rings. The molecule has 112 valence electrons. The molecule has 1 aromatic carbocycles. The van der Waals surface area contributed by atoms with Gasteiger partial charge in [-0.1, -0.05) is 5.21 Å². The molecule has 0 saturated heterocycles. The molecule has 0 aliphatic carbocycles. The minimum absolute atomic E-state index is 0.250. The second-order valence-corrected chi connectivity index (χ2v) is 5.25. The number of aromatic nitrogens is 3. The van der Waals surface area contributed by atoms with E-state index < -0.39 is 0 Å². The van der Waals surface area contributed by atoms with Crippen molar-refractivity contribution in [2.75, 3.05) is 13.7 Å². The number of methoxy groups -OCH3 is 1. The molecule has 1 atom stereocenters. The Morgan fingerprint density at radius 1 is 1.48 bits per heavy atom. The summed E-state index contributed by atoms with van der Waals surface area (Å²) in [5, 5.41) is 11.1. The lowest BCUT2D eigenvalue weighted by Gasteiger charge is -2.12. The Balaban J connectivity index is 1.61. The van der Waals surface area contributed by atoms with E-state index in [2.05, 4.69) is 34.7 Å². The first kappa shape index (κ1) is 13.9. The molecular formula is C15H20N4O2. The van der Waals surface area contributed by atoms with Crippen LogP contribution in [0.4, 0.5) is 0 Å². The van der Waals surface area contributed by atoms with Crippen LogP contribution in [0.25, 0.3) is 0 Å². The van der Waals surface area contributed by atoms with E-state index in [1.165, 1.54) is 5.56 Å². The Bertz CT molecular complexity index is 598. The van der Waals surface area contributed by atoms with E-state index in [4.69, 9.17) is 9.47 Å². The monoisotopic (exact) mass is 288 g/mol. The number of hydrogen-bond donors (Lipinski definition) is 1. The molecule has 2 aromatic rings. The van der Waals surface area contributed by atoms with Gasteiger partial charge in [0.15, 0.2) is 0 Å². The summed E-state index contributed by atoms with van der Waals surface area (Å²) in [6.45, 7) is 4.44. The highest BCUT2D eigenvalue weighted by molar-refractivity contribution is 5.48. The van der Waals surface area contributed by atoms with Crippen LogP contribution in [-0.2, 0) is 19.5 Å². The quantitative estimate of drug-likeness (QED) is 0.814. The van der Waals surface area contributed by atoms with Crippen molar-refractivity contribution >= 4 is 0 Å². The molecule has 1 unspecified atom stereocenters. The minimum atomic E-state index is 0.250. The molecule has 2 heterocycles. The van der Waals surface area contributed by atoms with Crippen LogP contribution in [0.1, 0.15) is 18.1 Å². The first-order valence-electron chi connectivity index (χ1n) is 7.17. The van der Waals surface area contributed by atoms with Gasteiger partial charge in [0.1, 0.15) is 17.6 Å². The fraction of sp³-hybridized carbons (Fsp3) is 0.467. The number of nitrogens with zero attached hydrogens (tertiary/aromatic N) is 3. The van der Waals surface area contributed by atoms with Crippen LogP contribution in [0.3, 0.4) is 0 Å². The fourth-order valence-corrected chi connectivity index (χ4v) is 2.58. The van der Waals surface area contributed by atoms with Crippen molar-refractivity contribution in [3.63, 3.8) is 0 Å². The normalized spacial score (nSPS) is 16.6. The second kappa shape index (κ2) is 6.13. The van der Waals surface area contributed by atoms with Crippen molar-refractivity contribution in [1.29, 1.82) is 0 Å². The average Bonchev–Trinajstić information content (AvgIpc) is 3.10. The van der Waals surface area contributed by atoms with Crippen LogP contribution < -0.4 is 14.8 Å². The summed E-state index contributed by atoms with van der Waals surface area (Å²) < 4.78 is 13.1. The van der Waals surface area contributed by atoms with Gasteiger partial charge in [0.25, 0.3) is 0 Å². The van der Waals surface area contributed by atoms with Crippen LogP contribution in [-0.4, -0.2) is 34.8 Å². The number of rotatable bonds is 6. The Kier molecular flexibility index (Phi) is 4.06. The molecule has 0 saturated carbocycles. The van der Waals surface area contributed by atoms with Crippen molar-refractivity contribution < 1.29 is 9.47 Å². The van der Waals surface area contributed by atoms with Crippen molar-refractivity contribution in [3.05, 3.63) is 35.7 Å². The molecule has 1 N–H and O–H groups in total. The maximum absolute atomic E-state index is 5.81. The summed E-state index contributed by atoms with van der Waals surface area (Å²) in [4.78, 5) is 0. The van der Waals surface area contributed by atoms with Gasteiger partial charge in [-0.3, -0.25) is 4.68 Å². The predicted octanol–water partition coefficient (Wildman–Crippen LogP) is 1.40. The van der Waals surface area contributed by atoms with E-state index >= 15 is 0 Å². The number of fused-ring (bicyclic) bond motifs is 1.